The molecule has 5 nitrogen and oxygen atoms in total. The standard InChI is InChI=1S/C26H38F3N5S/c1-5-21(34(6-2)7-3)8-9-22-18(4)35-24-17-19(26(27,28)29)16-23(25(24)32-22)31-20-10-13-33(14-11-20)15-12-30/h5,8-9,16-17,20,31-32H,6-7,10-15,30H2,1-4H3/b9-8-,21-5+. The van der Waals surface area contributed by atoms with Crippen LogP contribution in [0.3, 0.4) is 0 Å². The van der Waals surface area contributed by atoms with Gasteiger partial charge in [0.1, 0.15) is 0 Å². The lowest BCUT2D eigenvalue weighted by Gasteiger charge is -2.34. The molecule has 1 saturated heterocycles. The van der Waals surface area contributed by atoms with Crippen molar-refractivity contribution < 1.29 is 13.2 Å². The number of hydrogen-bond donors (Lipinski definition) is 3. The molecule has 0 radical (unpaired) electrons. The van der Waals surface area contributed by atoms with Crippen LogP contribution in [0.4, 0.5) is 24.5 Å². The van der Waals surface area contributed by atoms with Gasteiger partial charge in [0.25, 0.3) is 0 Å². The molecule has 0 aromatic heterocycles. The van der Waals surface area contributed by atoms with Gasteiger partial charge in [0.2, 0.25) is 0 Å². The number of likely N-dealkylation sites (N-methyl/N-ethyl adjacent to an activating group) is 1. The first-order chi connectivity index (χ1) is 16.7. The van der Waals surface area contributed by atoms with Gasteiger partial charge in [0.05, 0.1) is 16.9 Å². The zero-order valence-corrected chi connectivity index (χ0v) is 22.0. The predicted molar refractivity (Wildman–Crippen MR) is 142 cm³/mol. The molecule has 4 N–H and O–H groups in total. The number of anilines is 2. The summed E-state index contributed by atoms with van der Waals surface area (Å²) >= 11 is 1.38. The average molecular weight is 510 g/mol. The third kappa shape index (κ3) is 6.98. The summed E-state index contributed by atoms with van der Waals surface area (Å²) in [5.41, 5.74) is 8.27. The third-order valence-electron chi connectivity index (χ3n) is 6.57. The summed E-state index contributed by atoms with van der Waals surface area (Å²) in [5.74, 6) is 0. The molecule has 0 amide bonds. The molecule has 0 spiro atoms. The van der Waals surface area contributed by atoms with Crippen LogP contribution in [0, 0.1) is 0 Å². The first kappa shape index (κ1) is 27.5. The minimum absolute atomic E-state index is 0.117. The van der Waals surface area contributed by atoms with E-state index in [0.717, 1.165) is 61.9 Å². The van der Waals surface area contributed by atoms with Crippen LogP contribution in [0.5, 0.6) is 0 Å². The van der Waals surface area contributed by atoms with E-state index in [0.29, 0.717) is 22.8 Å². The van der Waals surface area contributed by atoms with Crippen molar-refractivity contribution in [3.8, 4) is 0 Å². The fourth-order valence-electron chi connectivity index (χ4n) is 4.55. The van der Waals surface area contributed by atoms with E-state index in [1.807, 2.05) is 19.9 Å². The van der Waals surface area contributed by atoms with Gasteiger partial charge in [0, 0.05) is 66.5 Å². The van der Waals surface area contributed by atoms with Crippen LogP contribution in [0.25, 0.3) is 0 Å². The van der Waals surface area contributed by atoms with Crippen molar-refractivity contribution in [3.05, 3.63) is 52.2 Å². The van der Waals surface area contributed by atoms with E-state index in [-0.39, 0.29) is 6.04 Å². The zero-order valence-electron chi connectivity index (χ0n) is 21.1. The third-order valence-corrected chi connectivity index (χ3v) is 7.64. The van der Waals surface area contributed by atoms with Crippen molar-refractivity contribution in [1.82, 2.24) is 9.80 Å². The predicted octanol–water partition coefficient (Wildman–Crippen LogP) is 6.09. The van der Waals surface area contributed by atoms with E-state index in [2.05, 4.69) is 46.4 Å². The molecular weight excluding hydrogens is 471 g/mol. The minimum atomic E-state index is -4.40. The normalized spacial score (nSPS) is 18.1. The monoisotopic (exact) mass is 509 g/mol. The number of fused-ring (bicyclic) bond motifs is 1. The molecule has 0 aliphatic carbocycles. The summed E-state index contributed by atoms with van der Waals surface area (Å²) in [4.78, 5) is 6.09. The molecular formula is C26H38F3N5S. The van der Waals surface area contributed by atoms with Gasteiger partial charge in [-0.25, -0.2) is 0 Å². The Labute approximate surface area is 211 Å². The molecule has 0 bridgehead atoms. The fraction of sp³-hybridized carbons (Fsp3) is 0.538. The molecule has 2 heterocycles. The highest BCUT2D eigenvalue weighted by molar-refractivity contribution is 8.03. The highest BCUT2D eigenvalue weighted by Crippen LogP contribution is 2.47. The van der Waals surface area contributed by atoms with Gasteiger partial charge in [-0.15, -0.1) is 0 Å². The first-order valence-electron chi connectivity index (χ1n) is 12.4. The molecule has 0 atom stereocenters. The lowest BCUT2D eigenvalue weighted by Crippen LogP contribution is -2.41. The van der Waals surface area contributed by atoms with Gasteiger partial charge in [-0.3, -0.25) is 0 Å². The fourth-order valence-corrected chi connectivity index (χ4v) is 5.56. The molecule has 1 aromatic carbocycles. The Hall–Kier alpha value is -2.10. The van der Waals surface area contributed by atoms with Crippen LogP contribution < -0.4 is 16.4 Å². The molecule has 2 aliphatic rings. The molecule has 194 valence electrons. The van der Waals surface area contributed by atoms with Gasteiger partial charge in [-0.1, -0.05) is 17.8 Å². The quantitative estimate of drug-likeness (QED) is 0.350. The van der Waals surface area contributed by atoms with Gasteiger partial charge in [-0.2, -0.15) is 13.2 Å². The number of alkyl halides is 3. The Morgan fingerprint density at radius 1 is 1.26 bits per heavy atom. The molecule has 1 aromatic rings. The van der Waals surface area contributed by atoms with Crippen LogP contribution in [0.15, 0.2) is 51.6 Å². The van der Waals surface area contributed by atoms with Crippen LogP contribution in [-0.2, 0) is 6.18 Å². The molecule has 0 unspecified atom stereocenters. The van der Waals surface area contributed by atoms with Crippen molar-refractivity contribution in [2.75, 3.05) is 49.9 Å². The number of nitrogens with zero attached hydrogens (tertiary/aromatic N) is 2. The van der Waals surface area contributed by atoms with E-state index < -0.39 is 11.7 Å². The number of hydrogen-bond acceptors (Lipinski definition) is 6. The average Bonchev–Trinajstić information content (AvgIpc) is 2.82. The van der Waals surface area contributed by atoms with Crippen molar-refractivity contribution in [1.29, 1.82) is 0 Å². The maximum atomic E-state index is 13.7. The Morgan fingerprint density at radius 3 is 2.51 bits per heavy atom. The molecule has 1 fully saturated rings. The van der Waals surface area contributed by atoms with E-state index in [4.69, 9.17) is 5.73 Å². The van der Waals surface area contributed by atoms with Crippen LogP contribution in [0.1, 0.15) is 46.1 Å². The van der Waals surface area contributed by atoms with Gasteiger partial charge in [-0.05, 0) is 64.8 Å². The van der Waals surface area contributed by atoms with Crippen molar-refractivity contribution in [2.45, 2.75) is 57.7 Å². The number of allylic oxidation sites excluding steroid dienone is 4. The van der Waals surface area contributed by atoms with Gasteiger partial charge < -0.3 is 26.2 Å². The van der Waals surface area contributed by atoms with Crippen molar-refractivity contribution in [3.63, 3.8) is 0 Å². The number of nitrogens with two attached hydrogens (primary N) is 1. The molecule has 35 heavy (non-hydrogen) atoms. The first-order valence-corrected chi connectivity index (χ1v) is 13.2. The van der Waals surface area contributed by atoms with Crippen LogP contribution in [-0.4, -0.2) is 55.1 Å². The number of benzene rings is 1. The molecule has 3 rings (SSSR count). The number of likely N-dealkylation sites (tertiary alicyclic amines) is 1. The number of rotatable bonds is 9. The highest BCUT2D eigenvalue weighted by atomic mass is 32.2. The second kappa shape index (κ2) is 12.2. The molecule has 0 saturated carbocycles. The minimum Gasteiger partial charge on any atom is -0.380 e. The Morgan fingerprint density at radius 2 is 1.94 bits per heavy atom. The zero-order chi connectivity index (χ0) is 25.6. The number of halogens is 3. The summed E-state index contributed by atoms with van der Waals surface area (Å²) in [7, 11) is 0. The molecule has 9 heteroatoms. The maximum absolute atomic E-state index is 13.7. The summed E-state index contributed by atoms with van der Waals surface area (Å²) in [5, 5.41) is 6.87. The van der Waals surface area contributed by atoms with E-state index >= 15 is 0 Å². The largest absolute Gasteiger partial charge is 0.416 e. The number of thioether (sulfide) groups is 1. The van der Waals surface area contributed by atoms with Crippen molar-refractivity contribution in [2.24, 2.45) is 5.73 Å². The van der Waals surface area contributed by atoms with E-state index in [1.54, 1.807) is 0 Å². The topological polar surface area (TPSA) is 56.6 Å². The second-order valence-electron chi connectivity index (χ2n) is 8.86. The van der Waals surface area contributed by atoms with Gasteiger partial charge >= 0.3 is 6.18 Å². The Kier molecular flexibility index (Phi) is 9.61. The van der Waals surface area contributed by atoms with Gasteiger partial charge in [0.15, 0.2) is 0 Å². The SMILES string of the molecule is C/C=C(\C=C/C1=C(C)Sc2cc(C(F)(F)F)cc(NC3CCN(CCN)CC3)c2N1)N(CC)CC. The summed E-state index contributed by atoms with van der Waals surface area (Å²) < 4.78 is 41.1. The second-order valence-corrected chi connectivity index (χ2v) is 10.1. The van der Waals surface area contributed by atoms with Crippen LogP contribution >= 0.6 is 11.8 Å². The Bertz CT molecular complexity index is 958. The van der Waals surface area contributed by atoms with Crippen molar-refractivity contribution >= 4 is 23.1 Å². The van der Waals surface area contributed by atoms with E-state index in [1.165, 1.54) is 23.9 Å². The molecule has 2 aliphatic heterocycles. The Balaban J connectivity index is 1.87. The van der Waals surface area contributed by atoms with Crippen LogP contribution in [0.2, 0.25) is 0 Å². The maximum Gasteiger partial charge on any atom is 0.416 e. The lowest BCUT2D eigenvalue weighted by atomic mass is 10.0. The number of nitrogens with one attached hydrogen (secondary N) is 2. The summed E-state index contributed by atoms with van der Waals surface area (Å²) in [6, 6.07) is 2.61. The smallest absolute Gasteiger partial charge is 0.380 e. The van der Waals surface area contributed by atoms with E-state index in [9.17, 15) is 13.2 Å². The highest BCUT2D eigenvalue weighted by Gasteiger charge is 2.34. The number of piperidine rings is 1. The summed E-state index contributed by atoms with van der Waals surface area (Å²) in [6.07, 6.45) is 3.49. The lowest BCUT2D eigenvalue weighted by molar-refractivity contribution is -0.137. The summed E-state index contributed by atoms with van der Waals surface area (Å²) in [6.45, 7) is 13.2.